The summed E-state index contributed by atoms with van der Waals surface area (Å²) in [7, 11) is -1.44. The van der Waals surface area contributed by atoms with Crippen molar-refractivity contribution < 1.29 is 15.2 Å². The molecule has 2 aromatic carbocycles. The molecule has 5 heteroatoms. The lowest BCUT2D eigenvalue weighted by molar-refractivity contribution is 0.0344. The molecule has 2 aromatic rings. The molecule has 27 heavy (non-hydrogen) atoms. The van der Waals surface area contributed by atoms with Gasteiger partial charge in [0.2, 0.25) is 0 Å². The normalized spacial score (nSPS) is 13.3. The molecule has 0 aromatic heterocycles. The van der Waals surface area contributed by atoms with Crippen molar-refractivity contribution in [3.05, 3.63) is 59.7 Å². The van der Waals surface area contributed by atoms with Crippen molar-refractivity contribution in [1.29, 1.82) is 0 Å². The predicted molar refractivity (Wildman–Crippen MR) is 113 cm³/mol. The lowest BCUT2D eigenvalue weighted by Crippen LogP contribution is -2.32. The average Bonchev–Trinajstić information content (AvgIpc) is 2.57. The van der Waals surface area contributed by atoms with E-state index in [4.69, 9.17) is 10.0 Å². The van der Waals surface area contributed by atoms with Gasteiger partial charge in [0.25, 0.3) is 0 Å². The highest BCUT2D eigenvalue weighted by Crippen LogP contribution is 2.38. The Morgan fingerprint density at radius 3 is 1.89 bits per heavy atom. The van der Waals surface area contributed by atoms with Crippen molar-refractivity contribution >= 4 is 18.3 Å². The maximum atomic E-state index is 10.6. The van der Waals surface area contributed by atoms with Gasteiger partial charge in [0, 0.05) is 18.2 Å². The van der Waals surface area contributed by atoms with Gasteiger partial charge in [0.1, 0.15) is 0 Å². The van der Waals surface area contributed by atoms with E-state index in [0.29, 0.717) is 12.0 Å². The summed E-state index contributed by atoms with van der Waals surface area (Å²) in [5.74, 6) is 0.0805. The van der Waals surface area contributed by atoms with Crippen LogP contribution in [0.1, 0.15) is 58.1 Å². The predicted octanol–water partition coefficient (Wildman–Crippen LogP) is 3.27. The van der Waals surface area contributed by atoms with Gasteiger partial charge in [-0.25, -0.2) is 0 Å². The van der Waals surface area contributed by atoms with Crippen LogP contribution in [0.3, 0.4) is 0 Å². The van der Waals surface area contributed by atoms with E-state index in [-0.39, 0.29) is 11.3 Å². The highest BCUT2D eigenvalue weighted by molar-refractivity contribution is 6.58. The number of hydrogen-bond acceptors (Lipinski definition) is 4. The van der Waals surface area contributed by atoms with Crippen molar-refractivity contribution in [1.82, 2.24) is 0 Å². The van der Waals surface area contributed by atoms with E-state index in [1.807, 2.05) is 26.0 Å². The highest BCUT2D eigenvalue weighted by Gasteiger charge is 2.31. The van der Waals surface area contributed by atoms with Crippen LogP contribution in [0.15, 0.2) is 48.5 Å². The molecule has 0 aliphatic heterocycles. The molecule has 0 bridgehead atoms. The van der Waals surface area contributed by atoms with E-state index in [9.17, 15) is 5.11 Å². The zero-order valence-electron chi connectivity index (χ0n) is 17.0. The fourth-order valence-electron chi connectivity index (χ4n) is 3.23. The lowest BCUT2D eigenvalue weighted by Gasteiger charge is -2.35. The Morgan fingerprint density at radius 2 is 1.44 bits per heavy atom. The van der Waals surface area contributed by atoms with E-state index in [1.54, 1.807) is 12.1 Å². The minimum Gasteiger partial charge on any atom is -0.423 e. The van der Waals surface area contributed by atoms with Crippen LogP contribution in [0.25, 0.3) is 0 Å². The topological polar surface area (TPSA) is 72.7 Å². The largest absolute Gasteiger partial charge is 0.488 e. The second-order valence-corrected chi connectivity index (χ2v) is 9.06. The van der Waals surface area contributed by atoms with Crippen LogP contribution in [-0.4, -0.2) is 27.9 Å². The van der Waals surface area contributed by atoms with E-state index >= 15 is 0 Å². The SMILES string of the molecule is CC(C)(C)CC(c1ccc(CNc2ccc(B(O)O)cc2)cc1)C(C)(C)O. The van der Waals surface area contributed by atoms with Crippen LogP contribution in [0.4, 0.5) is 5.69 Å². The second kappa shape index (κ2) is 8.47. The quantitative estimate of drug-likeness (QED) is 0.566. The van der Waals surface area contributed by atoms with Gasteiger partial charge in [-0.2, -0.15) is 0 Å². The summed E-state index contributed by atoms with van der Waals surface area (Å²) < 4.78 is 0. The first-order valence-corrected chi connectivity index (χ1v) is 9.47. The van der Waals surface area contributed by atoms with Crippen LogP contribution in [-0.2, 0) is 6.54 Å². The van der Waals surface area contributed by atoms with Crippen LogP contribution in [0.5, 0.6) is 0 Å². The summed E-state index contributed by atoms with van der Waals surface area (Å²) in [6.07, 6.45) is 0.914. The van der Waals surface area contributed by atoms with E-state index < -0.39 is 12.7 Å². The van der Waals surface area contributed by atoms with Crippen molar-refractivity contribution in [2.24, 2.45) is 5.41 Å². The monoisotopic (exact) mass is 369 g/mol. The summed E-state index contributed by atoms with van der Waals surface area (Å²) in [6.45, 7) is 11.0. The third-order valence-electron chi connectivity index (χ3n) is 4.76. The Hall–Kier alpha value is -1.82. The number of aliphatic hydroxyl groups is 1. The molecule has 146 valence electrons. The molecule has 0 saturated carbocycles. The first kappa shape index (κ1) is 21.5. The van der Waals surface area contributed by atoms with Crippen molar-refractivity contribution in [3.8, 4) is 0 Å². The standard InChI is InChI=1S/C22H32BNO3/c1-21(2,3)14-20(22(4,5)25)17-8-6-16(7-9-17)15-24-19-12-10-18(11-13-19)23(26)27/h6-13,20,24-27H,14-15H2,1-5H3. The van der Waals surface area contributed by atoms with Crippen LogP contribution >= 0.6 is 0 Å². The fraction of sp³-hybridized carbons (Fsp3) is 0.455. The molecule has 2 rings (SSSR count). The van der Waals surface area contributed by atoms with Gasteiger partial charge in [-0.15, -0.1) is 0 Å². The van der Waals surface area contributed by atoms with Gasteiger partial charge in [-0.1, -0.05) is 57.2 Å². The number of nitrogens with one attached hydrogen (secondary N) is 1. The minimum atomic E-state index is -1.44. The Balaban J connectivity index is 2.05. The zero-order chi connectivity index (χ0) is 20.2. The Bertz CT molecular complexity index is 713. The van der Waals surface area contributed by atoms with E-state index in [2.05, 4.69) is 50.4 Å². The van der Waals surface area contributed by atoms with Gasteiger partial charge in [0.15, 0.2) is 0 Å². The Morgan fingerprint density at radius 1 is 0.889 bits per heavy atom. The van der Waals surface area contributed by atoms with E-state index in [1.165, 1.54) is 0 Å². The Kier molecular flexibility index (Phi) is 6.74. The molecule has 0 spiro atoms. The summed E-state index contributed by atoms with van der Waals surface area (Å²) in [6, 6.07) is 15.4. The maximum Gasteiger partial charge on any atom is 0.488 e. The third kappa shape index (κ3) is 6.69. The molecule has 4 N–H and O–H groups in total. The highest BCUT2D eigenvalue weighted by atomic mass is 16.4. The first-order valence-electron chi connectivity index (χ1n) is 9.47. The van der Waals surface area contributed by atoms with Crippen LogP contribution in [0.2, 0.25) is 0 Å². The van der Waals surface area contributed by atoms with Gasteiger partial charge >= 0.3 is 7.12 Å². The number of hydrogen-bond donors (Lipinski definition) is 4. The van der Waals surface area contributed by atoms with Crippen LogP contribution in [0, 0.1) is 5.41 Å². The molecule has 0 radical (unpaired) electrons. The lowest BCUT2D eigenvalue weighted by atomic mass is 9.74. The van der Waals surface area contributed by atoms with Gasteiger partial charge in [-0.3, -0.25) is 0 Å². The fourth-order valence-corrected chi connectivity index (χ4v) is 3.23. The third-order valence-corrected chi connectivity index (χ3v) is 4.76. The van der Waals surface area contributed by atoms with Crippen molar-refractivity contribution in [2.45, 2.75) is 59.1 Å². The maximum absolute atomic E-state index is 10.6. The first-order chi connectivity index (χ1) is 12.5. The molecule has 0 heterocycles. The second-order valence-electron chi connectivity index (χ2n) is 9.06. The number of anilines is 1. The molecule has 0 amide bonds. The van der Waals surface area contributed by atoms with Crippen molar-refractivity contribution in [3.63, 3.8) is 0 Å². The zero-order valence-corrected chi connectivity index (χ0v) is 17.0. The summed E-state index contributed by atoms with van der Waals surface area (Å²) in [4.78, 5) is 0. The Labute approximate surface area is 163 Å². The minimum absolute atomic E-state index is 0.0805. The molecule has 1 atom stereocenters. The average molecular weight is 369 g/mol. The molecular formula is C22H32BNO3. The molecule has 0 aliphatic rings. The summed E-state index contributed by atoms with van der Waals surface area (Å²) in [5, 5.41) is 32.2. The van der Waals surface area contributed by atoms with Gasteiger partial charge < -0.3 is 20.5 Å². The summed E-state index contributed by atoms with van der Waals surface area (Å²) >= 11 is 0. The molecule has 0 fully saturated rings. The molecule has 0 saturated heterocycles. The molecule has 0 aliphatic carbocycles. The molecular weight excluding hydrogens is 337 g/mol. The number of rotatable bonds is 7. The summed E-state index contributed by atoms with van der Waals surface area (Å²) in [5.41, 5.74) is 3.07. The van der Waals surface area contributed by atoms with Crippen molar-refractivity contribution in [2.75, 3.05) is 5.32 Å². The molecule has 1 unspecified atom stereocenters. The van der Waals surface area contributed by atoms with Crippen LogP contribution < -0.4 is 10.8 Å². The van der Waals surface area contributed by atoms with E-state index in [0.717, 1.165) is 23.2 Å². The van der Waals surface area contributed by atoms with Gasteiger partial charge in [-0.05, 0) is 54.4 Å². The molecule has 4 nitrogen and oxygen atoms in total. The smallest absolute Gasteiger partial charge is 0.423 e. The van der Waals surface area contributed by atoms with Gasteiger partial charge in [0.05, 0.1) is 5.60 Å². The number of benzene rings is 2.